The standard InChI is InChI=1S/C20H18ClF3O2S/c1-12-9-14(26-8-7-25-2)4-5-15(12)18-16-10-13(11-21)3-6-17(16)27-19(18)20(22,23)24/h3-6,9-10H,7-8,11H2,1-2H3. The van der Waals surface area contributed by atoms with Crippen molar-refractivity contribution >= 4 is 33.0 Å². The summed E-state index contributed by atoms with van der Waals surface area (Å²) in [6.45, 7) is 2.60. The fourth-order valence-electron chi connectivity index (χ4n) is 2.94. The number of halogens is 4. The highest BCUT2D eigenvalue weighted by Crippen LogP contribution is 2.48. The molecule has 3 aromatic rings. The summed E-state index contributed by atoms with van der Waals surface area (Å²) in [6, 6.07) is 10.3. The van der Waals surface area contributed by atoms with Crippen molar-refractivity contribution in [1.29, 1.82) is 0 Å². The lowest BCUT2D eigenvalue weighted by Gasteiger charge is -2.13. The highest BCUT2D eigenvalue weighted by molar-refractivity contribution is 7.19. The molecule has 144 valence electrons. The maximum Gasteiger partial charge on any atom is 0.426 e. The average molecular weight is 415 g/mol. The summed E-state index contributed by atoms with van der Waals surface area (Å²) in [6.07, 6.45) is -4.43. The van der Waals surface area contributed by atoms with Crippen LogP contribution in [0.5, 0.6) is 5.75 Å². The number of hydrogen-bond donors (Lipinski definition) is 0. The number of rotatable bonds is 6. The lowest BCUT2D eigenvalue weighted by molar-refractivity contribution is -0.133. The summed E-state index contributed by atoms with van der Waals surface area (Å²) < 4.78 is 52.2. The van der Waals surface area contributed by atoms with Gasteiger partial charge in [0.2, 0.25) is 0 Å². The van der Waals surface area contributed by atoms with Gasteiger partial charge in [-0.05, 0) is 47.9 Å². The number of hydrogen-bond acceptors (Lipinski definition) is 3. The van der Waals surface area contributed by atoms with E-state index in [1.54, 1.807) is 50.4 Å². The van der Waals surface area contributed by atoms with E-state index in [-0.39, 0.29) is 11.4 Å². The van der Waals surface area contributed by atoms with Gasteiger partial charge in [-0.15, -0.1) is 22.9 Å². The molecule has 0 amide bonds. The number of thiophene rings is 1. The second-order valence-electron chi connectivity index (χ2n) is 6.09. The van der Waals surface area contributed by atoms with E-state index in [0.717, 1.165) is 16.9 Å². The van der Waals surface area contributed by atoms with Crippen molar-refractivity contribution in [3.8, 4) is 16.9 Å². The lowest BCUT2D eigenvalue weighted by atomic mass is 9.96. The van der Waals surface area contributed by atoms with Gasteiger partial charge in [-0.3, -0.25) is 0 Å². The van der Waals surface area contributed by atoms with E-state index in [1.165, 1.54) is 0 Å². The Bertz CT molecular complexity index is 950. The lowest BCUT2D eigenvalue weighted by Crippen LogP contribution is -2.05. The normalized spacial score (nSPS) is 11.9. The SMILES string of the molecule is COCCOc1ccc(-c2c(C(F)(F)F)sc3ccc(CCl)cc23)c(C)c1. The van der Waals surface area contributed by atoms with Crippen molar-refractivity contribution in [1.82, 2.24) is 0 Å². The van der Waals surface area contributed by atoms with Crippen LogP contribution in [0.3, 0.4) is 0 Å². The van der Waals surface area contributed by atoms with Crippen LogP contribution in [0.1, 0.15) is 16.0 Å². The van der Waals surface area contributed by atoms with E-state index >= 15 is 0 Å². The fraction of sp³-hybridized carbons (Fsp3) is 0.300. The highest BCUT2D eigenvalue weighted by Gasteiger charge is 2.37. The van der Waals surface area contributed by atoms with Gasteiger partial charge < -0.3 is 9.47 Å². The summed E-state index contributed by atoms with van der Waals surface area (Å²) in [7, 11) is 1.58. The summed E-state index contributed by atoms with van der Waals surface area (Å²) in [4.78, 5) is -0.597. The van der Waals surface area contributed by atoms with E-state index < -0.39 is 11.1 Å². The molecule has 0 N–H and O–H groups in total. The summed E-state index contributed by atoms with van der Waals surface area (Å²) in [5.74, 6) is 0.848. The first kappa shape index (κ1) is 20.0. The molecule has 27 heavy (non-hydrogen) atoms. The summed E-state index contributed by atoms with van der Waals surface area (Å²) in [5.41, 5.74) is 2.25. The molecule has 0 unspecified atom stereocenters. The molecule has 0 aliphatic heterocycles. The van der Waals surface area contributed by atoms with E-state index in [1.807, 2.05) is 0 Å². The Hall–Kier alpha value is -1.76. The van der Waals surface area contributed by atoms with Crippen LogP contribution in [0, 0.1) is 6.92 Å². The molecule has 7 heteroatoms. The fourth-order valence-corrected chi connectivity index (χ4v) is 4.18. The molecular weight excluding hydrogens is 397 g/mol. The minimum absolute atomic E-state index is 0.204. The first-order valence-corrected chi connectivity index (χ1v) is 9.61. The quantitative estimate of drug-likeness (QED) is 0.331. The van der Waals surface area contributed by atoms with Gasteiger partial charge in [0.25, 0.3) is 0 Å². The van der Waals surface area contributed by atoms with Gasteiger partial charge in [0.1, 0.15) is 17.2 Å². The van der Waals surface area contributed by atoms with Crippen molar-refractivity contribution in [3.63, 3.8) is 0 Å². The van der Waals surface area contributed by atoms with Crippen LogP contribution in [-0.2, 0) is 16.8 Å². The van der Waals surface area contributed by atoms with Crippen molar-refractivity contribution < 1.29 is 22.6 Å². The summed E-state index contributed by atoms with van der Waals surface area (Å²) >= 11 is 6.65. The van der Waals surface area contributed by atoms with E-state index in [9.17, 15) is 13.2 Å². The zero-order valence-electron chi connectivity index (χ0n) is 14.8. The molecule has 0 spiro atoms. The number of aryl methyl sites for hydroxylation is 1. The van der Waals surface area contributed by atoms with E-state index in [0.29, 0.717) is 40.2 Å². The third-order valence-electron chi connectivity index (χ3n) is 4.19. The molecule has 0 bridgehead atoms. The Labute approximate surface area is 164 Å². The van der Waals surface area contributed by atoms with Crippen LogP contribution in [0.25, 0.3) is 21.2 Å². The second kappa shape index (κ2) is 8.09. The molecule has 0 fully saturated rings. The Kier molecular flexibility index (Phi) is 5.99. The zero-order valence-corrected chi connectivity index (χ0v) is 16.4. The molecule has 0 saturated heterocycles. The van der Waals surface area contributed by atoms with Crippen LogP contribution in [0.4, 0.5) is 13.2 Å². The highest BCUT2D eigenvalue weighted by atomic mass is 35.5. The van der Waals surface area contributed by atoms with Crippen molar-refractivity contribution in [2.45, 2.75) is 19.0 Å². The first-order chi connectivity index (χ1) is 12.8. The second-order valence-corrected chi connectivity index (χ2v) is 7.41. The minimum atomic E-state index is -4.43. The largest absolute Gasteiger partial charge is 0.491 e. The van der Waals surface area contributed by atoms with Gasteiger partial charge in [-0.1, -0.05) is 12.1 Å². The van der Waals surface area contributed by atoms with Crippen LogP contribution in [0.2, 0.25) is 0 Å². The Morgan fingerprint density at radius 1 is 1.07 bits per heavy atom. The van der Waals surface area contributed by atoms with Crippen molar-refractivity contribution in [3.05, 3.63) is 52.4 Å². The molecule has 2 nitrogen and oxygen atoms in total. The van der Waals surface area contributed by atoms with Crippen LogP contribution in [0.15, 0.2) is 36.4 Å². The third kappa shape index (κ3) is 4.23. The zero-order chi connectivity index (χ0) is 19.6. The topological polar surface area (TPSA) is 18.5 Å². The first-order valence-electron chi connectivity index (χ1n) is 8.26. The van der Waals surface area contributed by atoms with Gasteiger partial charge in [0.15, 0.2) is 0 Å². The molecular formula is C20H18ClF3O2S. The predicted octanol–water partition coefficient (Wildman–Crippen LogP) is 6.66. The number of fused-ring (bicyclic) bond motifs is 1. The number of methoxy groups -OCH3 is 1. The molecule has 0 aliphatic rings. The maximum atomic E-state index is 13.7. The van der Waals surface area contributed by atoms with E-state index in [4.69, 9.17) is 21.1 Å². The van der Waals surface area contributed by atoms with Crippen LogP contribution < -0.4 is 4.74 Å². The van der Waals surface area contributed by atoms with Gasteiger partial charge in [-0.25, -0.2) is 0 Å². The molecule has 3 rings (SSSR count). The van der Waals surface area contributed by atoms with Crippen molar-refractivity contribution in [2.24, 2.45) is 0 Å². The minimum Gasteiger partial charge on any atom is -0.491 e. The third-order valence-corrected chi connectivity index (χ3v) is 5.71. The molecule has 2 aromatic carbocycles. The number of ether oxygens (including phenoxy) is 2. The smallest absolute Gasteiger partial charge is 0.426 e. The molecule has 0 atom stereocenters. The Morgan fingerprint density at radius 2 is 1.85 bits per heavy atom. The van der Waals surface area contributed by atoms with Crippen LogP contribution in [-0.4, -0.2) is 20.3 Å². The van der Waals surface area contributed by atoms with Gasteiger partial charge in [0.05, 0.1) is 6.61 Å². The van der Waals surface area contributed by atoms with Crippen molar-refractivity contribution in [2.75, 3.05) is 20.3 Å². The maximum absolute atomic E-state index is 13.7. The number of alkyl halides is 4. The van der Waals surface area contributed by atoms with Gasteiger partial charge in [0, 0.05) is 28.6 Å². The van der Waals surface area contributed by atoms with Gasteiger partial charge in [-0.2, -0.15) is 13.2 Å². The Balaban J connectivity index is 2.14. The molecule has 0 radical (unpaired) electrons. The Morgan fingerprint density at radius 3 is 2.48 bits per heavy atom. The molecule has 1 aromatic heterocycles. The van der Waals surface area contributed by atoms with Crippen LogP contribution >= 0.6 is 22.9 Å². The number of benzene rings is 2. The average Bonchev–Trinajstić information content (AvgIpc) is 3.01. The predicted molar refractivity (Wildman–Crippen MR) is 104 cm³/mol. The molecule has 0 saturated carbocycles. The van der Waals surface area contributed by atoms with E-state index in [2.05, 4.69) is 0 Å². The monoisotopic (exact) mass is 414 g/mol. The molecule has 0 aliphatic carbocycles. The van der Waals surface area contributed by atoms with Gasteiger partial charge >= 0.3 is 6.18 Å². The summed E-state index contributed by atoms with van der Waals surface area (Å²) in [5, 5.41) is 0.571. The molecule has 1 heterocycles.